The molecule has 0 heterocycles. The van der Waals surface area contributed by atoms with Crippen LogP contribution in [0.5, 0.6) is 11.5 Å². The Morgan fingerprint density at radius 1 is 1.00 bits per heavy atom. The van der Waals surface area contributed by atoms with Crippen LogP contribution < -0.4 is 10.5 Å². The maximum atomic E-state index is 12.1. The van der Waals surface area contributed by atoms with Gasteiger partial charge in [0.25, 0.3) is 0 Å². The molecule has 0 unspecified atom stereocenters. The first kappa shape index (κ1) is 14.4. The topological polar surface area (TPSA) is 72.6 Å². The fourth-order valence-electron chi connectivity index (χ4n) is 1.62. The molecule has 2 N–H and O–H groups in total. The second-order valence-corrected chi connectivity index (χ2v) is 6.52. The molecule has 0 radical (unpaired) electrons. The first-order chi connectivity index (χ1) is 9.41. The van der Waals surface area contributed by atoms with Crippen LogP contribution in [0.15, 0.2) is 53.4 Å². The Kier molecular flexibility index (Phi) is 3.96. The van der Waals surface area contributed by atoms with Gasteiger partial charge < -0.3 is 10.5 Å². The maximum Gasteiger partial charge on any atom is 0.244 e. The minimum Gasteiger partial charge on any atom is -0.457 e. The Morgan fingerprint density at radius 2 is 1.65 bits per heavy atom. The lowest BCUT2D eigenvalue weighted by molar-refractivity contribution is 0.479. The van der Waals surface area contributed by atoms with Crippen molar-refractivity contribution in [2.75, 3.05) is 19.8 Å². The van der Waals surface area contributed by atoms with Crippen LogP contribution in [0.2, 0.25) is 0 Å². The quantitative estimate of drug-likeness (QED) is 0.878. The van der Waals surface area contributed by atoms with E-state index in [0.717, 1.165) is 4.31 Å². The van der Waals surface area contributed by atoms with E-state index in [9.17, 15) is 8.42 Å². The fraction of sp³-hybridized carbons (Fsp3) is 0.143. The molecular formula is C14H16N2O3S. The number of nitrogens with two attached hydrogens (primary N) is 1. The van der Waals surface area contributed by atoms with E-state index in [1.54, 1.807) is 18.2 Å². The van der Waals surface area contributed by atoms with Gasteiger partial charge in [0.15, 0.2) is 0 Å². The van der Waals surface area contributed by atoms with Crippen molar-refractivity contribution < 1.29 is 13.2 Å². The van der Waals surface area contributed by atoms with Gasteiger partial charge in [-0.3, -0.25) is 0 Å². The van der Waals surface area contributed by atoms with Crippen LogP contribution in [0.3, 0.4) is 0 Å². The lowest BCUT2D eigenvalue weighted by atomic mass is 10.3. The fourth-order valence-corrected chi connectivity index (χ4v) is 2.65. The summed E-state index contributed by atoms with van der Waals surface area (Å²) >= 11 is 0. The molecule has 0 spiro atoms. The third-order valence-corrected chi connectivity index (χ3v) is 4.59. The van der Waals surface area contributed by atoms with Crippen molar-refractivity contribution in [2.24, 2.45) is 0 Å². The Balaban J connectivity index is 2.40. The predicted octanol–water partition coefficient (Wildman–Crippen LogP) is 2.31. The molecule has 0 amide bonds. The van der Waals surface area contributed by atoms with Gasteiger partial charge in [-0.25, -0.2) is 12.7 Å². The lowest BCUT2D eigenvalue weighted by Gasteiger charge is -2.14. The van der Waals surface area contributed by atoms with Crippen molar-refractivity contribution in [2.45, 2.75) is 4.90 Å². The molecule has 20 heavy (non-hydrogen) atoms. The van der Waals surface area contributed by atoms with E-state index in [4.69, 9.17) is 10.5 Å². The molecule has 2 aromatic rings. The van der Waals surface area contributed by atoms with E-state index in [-0.39, 0.29) is 10.6 Å². The number of hydrogen-bond donors (Lipinski definition) is 1. The molecule has 0 aliphatic carbocycles. The molecule has 2 rings (SSSR count). The van der Waals surface area contributed by atoms with Crippen LogP contribution in [0, 0.1) is 0 Å². The minimum atomic E-state index is -3.59. The number of sulfonamides is 1. The van der Waals surface area contributed by atoms with Crippen LogP contribution in [0.25, 0.3) is 0 Å². The zero-order chi connectivity index (χ0) is 14.8. The summed E-state index contributed by atoms with van der Waals surface area (Å²) in [4.78, 5) is 0.0379. The Hall–Kier alpha value is -2.05. The van der Waals surface area contributed by atoms with E-state index in [0.29, 0.717) is 11.5 Å². The van der Waals surface area contributed by atoms with E-state index < -0.39 is 10.0 Å². The minimum absolute atomic E-state index is 0.0379. The molecule has 0 aliphatic heterocycles. The molecule has 0 fully saturated rings. The van der Waals surface area contributed by atoms with Gasteiger partial charge >= 0.3 is 0 Å². The number of ether oxygens (including phenoxy) is 1. The molecule has 0 atom stereocenters. The summed E-state index contributed by atoms with van der Waals surface area (Å²) in [5, 5.41) is 0. The highest BCUT2D eigenvalue weighted by Crippen LogP contribution is 2.28. The predicted molar refractivity (Wildman–Crippen MR) is 78.2 cm³/mol. The van der Waals surface area contributed by atoms with Gasteiger partial charge in [-0.15, -0.1) is 0 Å². The number of para-hydroxylation sites is 1. The highest BCUT2D eigenvalue weighted by Gasteiger charge is 2.21. The molecule has 106 valence electrons. The van der Waals surface area contributed by atoms with Gasteiger partial charge in [-0.2, -0.15) is 0 Å². The average molecular weight is 292 g/mol. The molecule has 0 bridgehead atoms. The molecule has 5 nitrogen and oxygen atoms in total. The summed E-state index contributed by atoms with van der Waals surface area (Å²) in [6, 6.07) is 13.7. The Labute approximate surface area is 118 Å². The van der Waals surface area contributed by atoms with E-state index in [2.05, 4.69) is 0 Å². The van der Waals surface area contributed by atoms with Gasteiger partial charge in [0, 0.05) is 20.2 Å². The maximum absolute atomic E-state index is 12.1. The van der Waals surface area contributed by atoms with Crippen molar-refractivity contribution in [3.05, 3.63) is 48.5 Å². The van der Waals surface area contributed by atoms with Crippen molar-refractivity contribution in [1.82, 2.24) is 4.31 Å². The molecule has 0 aromatic heterocycles. The largest absolute Gasteiger partial charge is 0.457 e. The molecule has 0 saturated heterocycles. The summed E-state index contributed by atoms with van der Waals surface area (Å²) in [6.07, 6.45) is 0. The van der Waals surface area contributed by atoms with Crippen LogP contribution in [-0.2, 0) is 10.0 Å². The zero-order valence-corrected chi connectivity index (χ0v) is 12.1. The summed E-state index contributed by atoms with van der Waals surface area (Å²) < 4.78 is 31.0. The van der Waals surface area contributed by atoms with E-state index in [1.165, 1.54) is 26.2 Å². The van der Waals surface area contributed by atoms with Crippen LogP contribution >= 0.6 is 0 Å². The number of nitrogen functional groups attached to an aromatic ring is 1. The molecule has 6 heteroatoms. The lowest BCUT2D eigenvalue weighted by Crippen LogP contribution is -2.23. The van der Waals surface area contributed by atoms with E-state index in [1.807, 2.05) is 18.2 Å². The second kappa shape index (κ2) is 5.52. The summed E-state index contributed by atoms with van der Waals surface area (Å²) in [5.74, 6) is 1.05. The first-order valence-corrected chi connectivity index (χ1v) is 7.40. The van der Waals surface area contributed by atoms with Crippen molar-refractivity contribution >= 4 is 15.7 Å². The highest BCUT2D eigenvalue weighted by atomic mass is 32.2. The van der Waals surface area contributed by atoms with Crippen molar-refractivity contribution in [3.8, 4) is 11.5 Å². The van der Waals surface area contributed by atoms with Crippen LogP contribution in [0.4, 0.5) is 5.69 Å². The van der Waals surface area contributed by atoms with Crippen molar-refractivity contribution in [3.63, 3.8) is 0 Å². The summed E-state index contributed by atoms with van der Waals surface area (Å²) in [7, 11) is -0.678. The highest BCUT2D eigenvalue weighted by molar-refractivity contribution is 7.89. The number of hydrogen-bond acceptors (Lipinski definition) is 4. The first-order valence-electron chi connectivity index (χ1n) is 5.96. The summed E-state index contributed by atoms with van der Waals surface area (Å²) in [6.45, 7) is 0. The monoisotopic (exact) mass is 292 g/mol. The standard InChI is InChI=1S/C14H16N2O3S/c1-16(2)20(17,18)14-10-12(8-9-13(14)15)19-11-6-4-3-5-7-11/h3-10H,15H2,1-2H3. The number of nitrogens with zero attached hydrogens (tertiary/aromatic N) is 1. The number of rotatable bonds is 4. The molecule has 0 saturated carbocycles. The summed E-state index contributed by atoms with van der Waals surface area (Å²) in [5.41, 5.74) is 5.94. The molecular weight excluding hydrogens is 276 g/mol. The van der Waals surface area contributed by atoms with Gasteiger partial charge in [0.1, 0.15) is 16.4 Å². The third kappa shape index (κ3) is 2.92. The number of anilines is 1. The Bertz CT molecular complexity index is 698. The third-order valence-electron chi connectivity index (χ3n) is 2.72. The van der Waals surface area contributed by atoms with Crippen LogP contribution in [-0.4, -0.2) is 26.8 Å². The zero-order valence-electron chi connectivity index (χ0n) is 11.3. The molecule has 0 aliphatic rings. The molecule has 2 aromatic carbocycles. The van der Waals surface area contributed by atoms with Gasteiger partial charge in [0.2, 0.25) is 10.0 Å². The van der Waals surface area contributed by atoms with Crippen molar-refractivity contribution in [1.29, 1.82) is 0 Å². The van der Waals surface area contributed by atoms with Gasteiger partial charge in [0.05, 0.1) is 5.69 Å². The van der Waals surface area contributed by atoms with Gasteiger partial charge in [-0.05, 0) is 24.3 Å². The van der Waals surface area contributed by atoms with Crippen LogP contribution in [0.1, 0.15) is 0 Å². The number of benzene rings is 2. The van der Waals surface area contributed by atoms with E-state index >= 15 is 0 Å². The smallest absolute Gasteiger partial charge is 0.244 e. The average Bonchev–Trinajstić information content (AvgIpc) is 2.42. The normalized spacial score (nSPS) is 11.6. The SMILES string of the molecule is CN(C)S(=O)(=O)c1cc(Oc2ccccc2)ccc1N. The Morgan fingerprint density at radius 3 is 2.25 bits per heavy atom. The second-order valence-electron chi connectivity index (χ2n) is 4.40. The van der Waals surface area contributed by atoms with Gasteiger partial charge in [-0.1, -0.05) is 18.2 Å².